The van der Waals surface area contributed by atoms with Gasteiger partial charge < -0.3 is 5.73 Å². The van der Waals surface area contributed by atoms with Gasteiger partial charge in [0.15, 0.2) is 0 Å². The number of rotatable bonds is 12. The van der Waals surface area contributed by atoms with E-state index in [1.165, 1.54) is 37.7 Å². The number of nitrogens with two attached hydrogens (primary N) is 1. The zero-order valence-electron chi connectivity index (χ0n) is 14.7. The van der Waals surface area contributed by atoms with E-state index in [1.807, 2.05) is 12.1 Å². The van der Waals surface area contributed by atoms with E-state index in [-0.39, 0.29) is 6.42 Å². The minimum atomic E-state index is -3.62. The van der Waals surface area contributed by atoms with Crippen LogP contribution in [0.5, 0.6) is 0 Å². The normalized spacial score (nSPS) is 12.9. The average molecular weight is 356 g/mol. The molecule has 0 aliphatic rings. The molecule has 0 heterocycles. The van der Waals surface area contributed by atoms with Gasteiger partial charge >= 0.3 is 0 Å². The van der Waals surface area contributed by atoms with Crippen molar-refractivity contribution < 1.29 is 17.4 Å². The standard InChI is InChI=1S/C18H29NO4S/c1-3-4-5-6-7-8-15-9-11-16(12-10-15)13-17(14-18(19)20)23-24(2,21)22/h9-12,17H,3-8,13-14H2,1-2H3,(H2,19,20)/t17-/m1/s1. The first-order chi connectivity index (χ1) is 11.3. The van der Waals surface area contributed by atoms with E-state index in [2.05, 4.69) is 19.1 Å². The maximum Gasteiger partial charge on any atom is 0.264 e. The molecule has 2 N–H and O–H groups in total. The highest BCUT2D eigenvalue weighted by atomic mass is 32.2. The first kappa shape index (κ1) is 20.6. The molecule has 6 heteroatoms. The monoisotopic (exact) mass is 355 g/mol. The molecular weight excluding hydrogens is 326 g/mol. The zero-order valence-corrected chi connectivity index (χ0v) is 15.5. The second kappa shape index (κ2) is 10.5. The van der Waals surface area contributed by atoms with Crippen molar-refractivity contribution in [1.82, 2.24) is 0 Å². The quantitative estimate of drug-likeness (QED) is 0.461. The van der Waals surface area contributed by atoms with Gasteiger partial charge in [0.05, 0.1) is 18.8 Å². The fraction of sp³-hybridized carbons (Fsp3) is 0.611. The third kappa shape index (κ3) is 9.67. The number of amides is 1. The van der Waals surface area contributed by atoms with Crippen molar-refractivity contribution in [2.24, 2.45) is 5.73 Å². The number of carbonyl (C=O) groups is 1. The molecule has 0 fully saturated rings. The van der Waals surface area contributed by atoms with Crippen LogP contribution in [0.3, 0.4) is 0 Å². The fourth-order valence-corrected chi connectivity index (χ4v) is 3.28. The van der Waals surface area contributed by atoms with Crippen molar-refractivity contribution in [2.45, 2.75) is 64.4 Å². The highest BCUT2D eigenvalue weighted by Gasteiger charge is 2.18. The van der Waals surface area contributed by atoms with E-state index in [0.29, 0.717) is 6.42 Å². The summed E-state index contributed by atoms with van der Waals surface area (Å²) in [5, 5.41) is 0. The van der Waals surface area contributed by atoms with E-state index in [4.69, 9.17) is 9.92 Å². The van der Waals surface area contributed by atoms with Gasteiger partial charge in [-0.3, -0.25) is 8.98 Å². The number of carbonyl (C=O) groups excluding carboxylic acids is 1. The maximum atomic E-state index is 11.3. The van der Waals surface area contributed by atoms with Gasteiger partial charge in [0, 0.05) is 6.42 Å². The second-order valence-corrected chi connectivity index (χ2v) is 7.88. The summed E-state index contributed by atoms with van der Waals surface area (Å²) in [5.41, 5.74) is 7.37. The zero-order chi connectivity index (χ0) is 18.0. The lowest BCUT2D eigenvalue weighted by Crippen LogP contribution is -2.26. The first-order valence-electron chi connectivity index (χ1n) is 8.54. The molecule has 1 aromatic carbocycles. The van der Waals surface area contributed by atoms with Crippen LogP contribution in [0.4, 0.5) is 0 Å². The van der Waals surface area contributed by atoms with E-state index in [0.717, 1.165) is 18.2 Å². The molecule has 5 nitrogen and oxygen atoms in total. The third-order valence-electron chi connectivity index (χ3n) is 3.80. The van der Waals surface area contributed by atoms with E-state index >= 15 is 0 Å². The molecule has 24 heavy (non-hydrogen) atoms. The van der Waals surface area contributed by atoms with Gasteiger partial charge in [-0.25, -0.2) is 0 Å². The Hall–Kier alpha value is -1.40. The number of primary amides is 1. The van der Waals surface area contributed by atoms with E-state index < -0.39 is 22.1 Å². The van der Waals surface area contributed by atoms with Crippen LogP contribution in [-0.2, 0) is 31.9 Å². The van der Waals surface area contributed by atoms with Crippen molar-refractivity contribution in [3.8, 4) is 0 Å². The number of hydrogen-bond donors (Lipinski definition) is 1. The largest absolute Gasteiger partial charge is 0.370 e. The Morgan fingerprint density at radius 2 is 1.67 bits per heavy atom. The van der Waals surface area contributed by atoms with Crippen molar-refractivity contribution in [3.05, 3.63) is 35.4 Å². The summed E-state index contributed by atoms with van der Waals surface area (Å²) in [5.74, 6) is -0.577. The SMILES string of the molecule is CCCCCCCc1ccc(C[C@H](CC(N)=O)OS(C)(=O)=O)cc1. The van der Waals surface area contributed by atoms with Gasteiger partial charge in [0.25, 0.3) is 10.1 Å². The predicted octanol–water partition coefficient (Wildman–Crippen LogP) is 2.96. The fourth-order valence-electron chi connectivity index (χ4n) is 2.65. The maximum absolute atomic E-state index is 11.3. The predicted molar refractivity (Wildman–Crippen MR) is 96.1 cm³/mol. The van der Waals surface area contributed by atoms with Crippen molar-refractivity contribution >= 4 is 16.0 Å². The van der Waals surface area contributed by atoms with Gasteiger partial charge in [0.2, 0.25) is 5.91 Å². The van der Waals surface area contributed by atoms with Crippen molar-refractivity contribution in [1.29, 1.82) is 0 Å². The lowest BCUT2D eigenvalue weighted by atomic mass is 10.0. The van der Waals surface area contributed by atoms with Crippen LogP contribution in [0.15, 0.2) is 24.3 Å². The van der Waals surface area contributed by atoms with Crippen LogP contribution < -0.4 is 5.73 Å². The number of unbranched alkanes of at least 4 members (excludes halogenated alkanes) is 4. The Balaban J connectivity index is 2.54. The van der Waals surface area contributed by atoms with Crippen LogP contribution in [0.25, 0.3) is 0 Å². The minimum absolute atomic E-state index is 0.119. The molecule has 0 spiro atoms. The third-order valence-corrected chi connectivity index (χ3v) is 4.42. The molecule has 0 aliphatic heterocycles. The van der Waals surface area contributed by atoms with E-state index in [1.54, 1.807) is 0 Å². The first-order valence-corrected chi connectivity index (χ1v) is 10.4. The molecule has 136 valence electrons. The Kier molecular flexibility index (Phi) is 9.00. The Morgan fingerprint density at radius 1 is 1.08 bits per heavy atom. The smallest absolute Gasteiger partial charge is 0.264 e. The summed E-state index contributed by atoms with van der Waals surface area (Å²) in [6.07, 6.45) is 7.75. The Labute approximate surface area is 145 Å². The van der Waals surface area contributed by atoms with Crippen molar-refractivity contribution in [3.63, 3.8) is 0 Å². The lowest BCUT2D eigenvalue weighted by Gasteiger charge is -2.15. The van der Waals surface area contributed by atoms with Crippen LogP contribution in [0.1, 0.15) is 56.6 Å². The molecular formula is C18H29NO4S. The number of hydrogen-bond acceptors (Lipinski definition) is 4. The van der Waals surface area contributed by atoms with Crippen LogP contribution in [0.2, 0.25) is 0 Å². The Bertz CT molecular complexity index is 596. The lowest BCUT2D eigenvalue weighted by molar-refractivity contribution is -0.119. The highest BCUT2D eigenvalue weighted by Crippen LogP contribution is 2.14. The molecule has 1 aromatic rings. The van der Waals surface area contributed by atoms with Crippen molar-refractivity contribution in [2.75, 3.05) is 6.26 Å². The van der Waals surface area contributed by atoms with Crippen LogP contribution >= 0.6 is 0 Å². The van der Waals surface area contributed by atoms with Gasteiger partial charge in [-0.1, -0.05) is 56.9 Å². The molecule has 0 saturated heterocycles. The molecule has 0 unspecified atom stereocenters. The summed E-state index contributed by atoms with van der Waals surface area (Å²) >= 11 is 0. The minimum Gasteiger partial charge on any atom is -0.370 e. The number of aryl methyl sites for hydroxylation is 1. The van der Waals surface area contributed by atoms with Crippen LogP contribution in [-0.4, -0.2) is 26.7 Å². The molecule has 1 rings (SSSR count). The summed E-state index contributed by atoms with van der Waals surface area (Å²) in [7, 11) is -3.62. The van der Waals surface area contributed by atoms with Crippen LogP contribution in [0, 0.1) is 0 Å². The summed E-state index contributed by atoms with van der Waals surface area (Å²) in [4.78, 5) is 11.1. The topological polar surface area (TPSA) is 86.5 Å². The molecule has 0 radical (unpaired) electrons. The average Bonchev–Trinajstić information content (AvgIpc) is 2.46. The Morgan fingerprint density at radius 3 is 2.21 bits per heavy atom. The van der Waals surface area contributed by atoms with Gasteiger partial charge in [0.1, 0.15) is 0 Å². The summed E-state index contributed by atoms with van der Waals surface area (Å²) < 4.78 is 27.5. The number of benzene rings is 1. The highest BCUT2D eigenvalue weighted by molar-refractivity contribution is 7.86. The van der Waals surface area contributed by atoms with Gasteiger partial charge in [-0.2, -0.15) is 8.42 Å². The molecule has 0 bridgehead atoms. The molecule has 0 aromatic heterocycles. The molecule has 1 atom stereocenters. The summed E-state index contributed by atoms with van der Waals surface area (Å²) in [6, 6.07) is 8.02. The van der Waals surface area contributed by atoms with Gasteiger partial charge in [-0.05, 0) is 24.0 Å². The second-order valence-electron chi connectivity index (χ2n) is 6.28. The molecule has 0 saturated carbocycles. The van der Waals surface area contributed by atoms with E-state index in [9.17, 15) is 13.2 Å². The summed E-state index contributed by atoms with van der Waals surface area (Å²) in [6.45, 7) is 2.21. The molecule has 0 aliphatic carbocycles. The van der Waals surface area contributed by atoms with Gasteiger partial charge in [-0.15, -0.1) is 0 Å². The molecule has 1 amide bonds.